The quantitative estimate of drug-likeness (QED) is 0.557. The predicted octanol–water partition coefficient (Wildman–Crippen LogP) is 2.64. The molecule has 3 aromatic rings. The second kappa shape index (κ2) is 9.07. The standard InChI is InChI=1S/C22H24N6O5/c1-12-19(21(29)24-15-8-7-14(30-2)11-17(15)32-4)20(28-22(23-12)25-26-27-28)13-6-9-16(31-3)18(10-13)33-5/h6-11,20H,1-5H3,(H,24,29)(H,23,25,27)/t20-/m0/s1. The van der Waals surface area contributed by atoms with E-state index in [4.69, 9.17) is 18.9 Å². The lowest BCUT2D eigenvalue weighted by Crippen LogP contribution is -2.31. The summed E-state index contributed by atoms with van der Waals surface area (Å²) in [5, 5.41) is 17.9. The van der Waals surface area contributed by atoms with Gasteiger partial charge in [-0.25, -0.2) is 0 Å². The molecule has 0 fully saturated rings. The highest BCUT2D eigenvalue weighted by molar-refractivity contribution is 6.06. The molecule has 0 saturated carbocycles. The van der Waals surface area contributed by atoms with E-state index in [1.165, 1.54) is 7.11 Å². The minimum Gasteiger partial charge on any atom is -0.497 e. The summed E-state index contributed by atoms with van der Waals surface area (Å²) in [6, 6.07) is 9.96. The summed E-state index contributed by atoms with van der Waals surface area (Å²) in [4.78, 5) is 13.6. The number of nitrogens with zero attached hydrogens (tertiary/aromatic N) is 4. The number of benzene rings is 2. The van der Waals surface area contributed by atoms with E-state index in [-0.39, 0.29) is 5.91 Å². The zero-order valence-electron chi connectivity index (χ0n) is 18.9. The van der Waals surface area contributed by atoms with Crippen molar-refractivity contribution in [3.8, 4) is 23.0 Å². The Kier molecular flexibility index (Phi) is 6.03. The van der Waals surface area contributed by atoms with Crippen LogP contribution in [0.25, 0.3) is 0 Å². The number of aromatic nitrogens is 4. The van der Waals surface area contributed by atoms with Crippen LogP contribution in [0.5, 0.6) is 23.0 Å². The number of tetrazole rings is 1. The summed E-state index contributed by atoms with van der Waals surface area (Å²) < 4.78 is 23.0. The molecule has 1 aliphatic heterocycles. The van der Waals surface area contributed by atoms with Crippen molar-refractivity contribution in [1.29, 1.82) is 0 Å². The Morgan fingerprint density at radius 2 is 1.73 bits per heavy atom. The number of ether oxygens (including phenoxy) is 4. The number of hydrogen-bond donors (Lipinski definition) is 2. The fourth-order valence-corrected chi connectivity index (χ4v) is 3.73. The first kappa shape index (κ1) is 21.9. The van der Waals surface area contributed by atoms with Crippen molar-refractivity contribution in [2.75, 3.05) is 39.1 Å². The largest absolute Gasteiger partial charge is 0.497 e. The normalized spacial score (nSPS) is 14.8. The van der Waals surface area contributed by atoms with E-state index in [9.17, 15) is 4.79 Å². The van der Waals surface area contributed by atoms with Gasteiger partial charge in [-0.3, -0.25) is 4.79 Å². The van der Waals surface area contributed by atoms with Crippen LogP contribution in [-0.4, -0.2) is 54.6 Å². The Morgan fingerprint density at radius 1 is 0.970 bits per heavy atom. The summed E-state index contributed by atoms with van der Waals surface area (Å²) in [6.45, 7) is 1.80. The van der Waals surface area contributed by atoms with Gasteiger partial charge in [0.05, 0.1) is 39.7 Å². The monoisotopic (exact) mass is 452 g/mol. The van der Waals surface area contributed by atoms with Gasteiger partial charge in [-0.1, -0.05) is 11.2 Å². The first-order valence-electron chi connectivity index (χ1n) is 10.0. The van der Waals surface area contributed by atoms with Gasteiger partial charge in [-0.2, -0.15) is 4.68 Å². The molecule has 11 nitrogen and oxygen atoms in total. The summed E-state index contributed by atoms with van der Waals surface area (Å²) in [5.74, 6) is 2.26. The number of nitrogens with one attached hydrogen (secondary N) is 2. The van der Waals surface area contributed by atoms with E-state index in [0.717, 1.165) is 5.56 Å². The van der Waals surface area contributed by atoms with Crippen LogP contribution in [0, 0.1) is 0 Å². The molecule has 2 N–H and O–H groups in total. The van der Waals surface area contributed by atoms with Crippen molar-refractivity contribution in [2.24, 2.45) is 0 Å². The molecule has 0 unspecified atom stereocenters. The van der Waals surface area contributed by atoms with Crippen LogP contribution in [0.15, 0.2) is 47.7 Å². The average molecular weight is 452 g/mol. The van der Waals surface area contributed by atoms with Gasteiger partial charge in [0, 0.05) is 11.8 Å². The van der Waals surface area contributed by atoms with Crippen LogP contribution in [-0.2, 0) is 4.79 Å². The highest BCUT2D eigenvalue weighted by atomic mass is 16.5. The van der Waals surface area contributed by atoms with Gasteiger partial charge in [-0.05, 0) is 47.2 Å². The van der Waals surface area contributed by atoms with Gasteiger partial charge in [0.2, 0.25) is 5.95 Å². The predicted molar refractivity (Wildman–Crippen MR) is 120 cm³/mol. The molecule has 2 aromatic carbocycles. The molecule has 4 rings (SSSR count). The Balaban J connectivity index is 1.77. The molecular formula is C22H24N6O5. The van der Waals surface area contributed by atoms with Crippen molar-refractivity contribution in [3.63, 3.8) is 0 Å². The van der Waals surface area contributed by atoms with Crippen molar-refractivity contribution in [3.05, 3.63) is 53.2 Å². The van der Waals surface area contributed by atoms with Crippen LogP contribution in [0.2, 0.25) is 0 Å². The fourth-order valence-electron chi connectivity index (χ4n) is 3.73. The Bertz CT molecular complexity index is 1220. The van der Waals surface area contributed by atoms with E-state index < -0.39 is 6.04 Å². The van der Waals surface area contributed by atoms with Gasteiger partial charge in [0.1, 0.15) is 17.5 Å². The van der Waals surface area contributed by atoms with Gasteiger partial charge in [0.25, 0.3) is 5.91 Å². The maximum Gasteiger partial charge on any atom is 0.255 e. The third-order valence-corrected chi connectivity index (χ3v) is 5.34. The van der Waals surface area contributed by atoms with E-state index in [1.54, 1.807) is 63.3 Å². The first-order valence-corrected chi connectivity index (χ1v) is 10.0. The maximum absolute atomic E-state index is 13.6. The number of carbonyl (C=O) groups is 1. The first-order chi connectivity index (χ1) is 16.0. The zero-order valence-corrected chi connectivity index (χ0v) is 18.9. The van der Waals surface area contributed by atoms with Crippen LogP contribution in [0.3, 0.4) is 0 Å². The van der Waals surface area contributed by atoms with Crippen molar-refractivity contribution < 1.29 is 23.7 Å². The lowest BCUT2D eigenvalue weighted by molar-refractivity contribution is -0.113. The number of rotatable bonds is 7. The Hall–Kier alpha value is -4.28. The summed E-state index contributed by atoms with van der Waals surface area (Å²) in [6.07, 6.45) is 0. The second-order valence-electron chi connectivity index (χ2n) is 7.15. The molecule has 1 aliphatic rings. The fraction of sp³-hybridized carbons (Fsp3) is 0.273. The van der Waals surface area contributed by atoms with Crippen LogP contribution < -0.4 is 29.6 Å². The minimum atomic E-state index is -0.611. The Labute approximate surface area is 190 Å². The van der Waals surface area contributed by atoms with Gasteiger partial charge >= 0.3 is 0 Å². The number of fused-ring (bicyclic) bond motifs is 1. The third-order valence-electron chi connectivity index (χ3n) is 5.34. The number of allylic oxidation sites excluding steroid dienone is 1. The van der Waals surface area contributed by atoms with Crippen molar-refractivity contribution in [2.45, 2.75) is 13.0 Å². The molecule has 1 atom stereocenters. The van der Waals surface area contributed by atoms with Crippen molar-refractivity contribution >= 4 is 17.5 Å². The van der Waals surface area contributed by atoms with Gasteiger partial charge in [0.15, 0.2) is 11.5 Å². The number of hydrogen-bond acceptors (Lipinski definition) is 9. The second-order valence-corrected chi connectivity index (χ2v) is 7.15. The average Bonchev–Trinajstić information content (AvgIpc) is 3.30. The summed E-state index contributed by atoms with van der Waals surface area (Å²) in [7, 11) is 6.20. The Morgan fingerprint density at radius 3 is 2.42 bits per heavy atom. The minimum absolute atomic E-state index is 0.343. The molecule has 1 aromatic heterocycles. The smallest absolute Gasteiger partial charge is 0.255 e. The lowest BCUT2D eigenvalue weighted by Gasteiger charge is -2.28. The van der Waals surface area contributed by atoms with E-state index in [2.05, 4.69) is 26.2 Å². The number of amides is 1. The topological polar surface area (TPSA) is 122 Å². The number of anilines is 2. The number of methoxy groups -OCH3 is 4. The van der Waals surface area contributed by atoms with E-state index in [1.807, 2.05) is 6.07 Å². The van der Waals surface area contributed by atoms with Crippen LogP contribution >= 0.6 is 0 Å². The van der Waals surface area contributed by atoms with Crippen LogP contribution in [0.1, 0.15) is 18.5 Å². The van der Waals surface area contributed by atoms with Crippen LogP contribution in [0.4, 0.5) is 11.6 Å². The number of carbonyl (C=O) groups excluding carboxylic acids is 1. The summed E-state index contributed by atoms with van der Waals surface area (Å²) >= 11 is 0. The molecule has 0 radical (unpaired) electrons. The molecule has 0 aliphatic carbocycles. The molecule has 0 saturated heterocycles. The molecule has 0 bridgehead atoms. The SMILES string of the molecule is COc1ccc(NC(=O)C2=C(C)Nc3nnnn3[C@H]2c2ccc(OC)c(OC)c2)c(OC)c1. The molecule has 2 heterocycles. The molecule has 172 valence electrons. The molecular weight excluding hydrogens is 428 g/mol. The summed E-state index contributed by atoms with van der Waals surface area (Å²) in [5.41, 5.74) is 2.29. The van der Waals surface area contributed by atoms with E-state index >= 15 is 0 Å². The third kappa shape index (κ3) is 4.00. The molecule has 1 amide bonds. The highest BCUT2D eigenvalue weighted by Gasteiger charge is 2.34. The van der Waals surface area contributed by atoms with Crippen molar-refractivity contribution in [1.82, 2.24) is 20.2 Å². The van der Waals surface area contributed by atoms with Gasteiger partial charge < -0.3 is 29.6 Å². The highest BCUT2D eigenvalue weighted by Crippen LogP contribution is 2.39. The zero-order chi connectivity index (χ0) is 23.5. The maximum atomic E-state index is 13.6. The molecule has 33 heavy (non-hydrogen) atoms. The molecule has 0 spiro atoms. The molecule has 11 heteroatoms. The van der Waals surface area contributed by atoms with E-state index in [0.29, 0.717) is 45.9 Å². The lowest BCUT2D eigenvalue weighted by atomic mass is 9.94. The van der Waals surface area contributed by atoms with Gasteiger partial charge in [-0.15, -0.1) is 0 Å².